The maximum absolute atomic E-state index is 2.41. The van der Waals surface area contributed by atoms with Gasteiger partial charge in [0.1, 0.15) is 0 Å². The van der Waals surface area contributed by atoms with E-state index < -0.39 is 0 Å². The van der Waals surface area contributed by atoms with Crippen LogP contribution in [0.3, 0.4) is 0 Å². The first-order chi connectivity index (χ1) is 5.77. The molecule has 0 amide bonds. The van der Waals surface area contributed by atoms with Crippen LogP contribution in [0.15, 0.2) is 23.1 Å². The molecular weight excluding hydrogens is 279 g/mol. The smallest absolute Gasteiger partial charge is 0.0163 e. The molecule has 2 heteroatoms. The van der Waals surface area contributed by atoms with Crippen LogP contribution in [0.5, 0.6) is 0 Å². The highest BCUT2D eigenvalue weighted by molar-refractivity contribution is 14.1. The Balaban J connectivity index is 2.91. The fraction of sp³-hybridized carbons (Fsp3) is 0.400. The van der Waals surface area contributed by atoms with Gasteiger partial charge in [-0.25, -0.2) is 0 Å². The summed E-state index contributed by atoms with van der Waals surface area (Å²) in [5, 5.41) is 0. The Morgan fingerprint density at radius 2 is 2.17 bits per heavy atom. The molecule has 1 rings (SSSR count). The van der Waals surface area contributed by atoms with Gasteiger partial charge in [0.2, 0.25) is 0 Å². The molecule has 0 aromatic heterocycles. The van der Waals surface area contributed by atoms with Gasteiger partial charge in [-0.05, 0) is 59.0 Å². The monoisotopic (exact) mass is 292 g/mol. The normalized spacial score (nSPS) is 10.2. The standard InChI is InChI=1S/C10H13IS/c1-3-4-8-7-9(12-2)5-6-10(8)11/h5-7H,3-4H2,1-2H3. The van der Waals surface area contributed by atoms with E-state index in [2.05, 4.69) is 54.0 Å². The molecule has 0 saturated heterocycles. The molecule has 0 aliphatic carbocycles. The Morgan fingerprint density at radius 3 is 2.75 bits per heavy atom. The van der Waals surface area contributed by atoms with Crippen LogP contribution in [0.4, 0.5) is 0 Å². The zero-order valence-corrected chi connectivity index (χ0v) is 10.4. The van der Waals surface area contributed by atoms with E-state index in [-0.39, 0.29) is 0 Å². The van der Waals surface area contributed by atoms with E-state index in [1.165, 1.54) is 26.9 Å². The van der Waals surface area contributed by atoms with Crippen molar-refractivity contribution in [2.45, 2.75) is 24.7 Å². The summed E-state index contributed by atoms with van der Waals surface area (Å²) < 4.78 is 1.40. The summed E-state index contributed by atoms with van der Waals surface area (Å²) in [4.78, 5) is 1.37. The highest BCUT2D eigenvalue weighted by Gasteiger charge is 1.99. The molecule has 0 N–H and O–H groups in total. The lowest BCUT2D eigenvalue weighted by atomic mass is 10.1. The molecule has 0 fully saturated rings. The van der Waals surface area contributed by atoms with Gasteiger partial charge in [0.05, 0.1) is 0 Å². The molecule has 66 valence electrons. The Hall–Kier alpha value is 0.300. The van der Waals surface area contributed by atoms with Crippen molar-refractivity contribution < 1.29 is 0 Å². The minimum absolute atomic E-state index is 1.20. The maximum atomic E-state index is 2.41. The van der Waals surface area contributed by atoms with Crippen molar-refractivity contribution in [3.8, 4) is 0 Å². The van der Waals surface area contributed by atoms with E-state index in [4.69, 9.17) is 0 Å². The maximum Gasteiger partial charge on any atom is 0.0163 e. The average Bonchev–Trinajstić information content (AvgIpc) is 2.09. The summed E-state index contributed by atoms with van der Waals surface area (Å²) in [5.41, 5.74) is 1.49. The molecule has 0 bridgehead atoms. The fourth-order valence-corrected chi connectivity index (χ4v) is 2.21. The second-order valence-electron chi connectivity index (χ2n) is 2.71. The van der Waals surface area contributed by atoms with Gasteiger partial charge in [-0.2, -0.15) is 0 Å². The van der Waals surface area contributed by atoms with Crippen LogP contribution < -0.4 is 0 Å². The number of hydrogen-bond acceptors (Lipinski definition) is 1. The van der Waals surface area contributed by atoms with Crippen molar-refractivity contribution in [3.05, 3.63) is 27.3 Å². The molecule has 0 saturated carbocycles. The van der Waals surface area contributed by atoms with Crippen molar-refractivity contribution in [3.63, 3.8) is 0 Å². The first-order valence-electron chi connectivity index (χ1n) is 4.10. The zero-order chi connectivity index (χ0) is 8.97. The van der Waals surface area contributed by atoms with Gasteiger partial charge in [0.15, 0.2) is 0 Å². The van der Waals surface area contributed by atoms with Crippen molar-refractivity contribution >= 4 is 34.4 Å². The summed E-state index contributed by atoms with van der Waals surface area (Å²) in [6.07, 6.45) is 4.55. The minimum atomic E-state index is 1.20. The SMILES string of the molecule is CCCc1cc(SC)ccc1I. The lowest BCUT2D eigenvalue weighted by Gasteiger charge is -2.04. The molecule has 0 atom stereocenters. The van der Waals surface area contributed by atoms with Crippen molar-refractivity contribution in [2.24, 2.45) is 0 Å². The van der Waals surface area contributed by atoms with E-state index in [0.717, 1.165) is 0 Å². The van der Waals surface area contributed by atoms with Crippen molar-refractivity contribution in [1.82, 2.24) is 0 Å². The first-order valence-corrected chi connectivity index (χ1v) is 6.40. The van der Waals surface area contributed by atoms with E-state index in [9.17, 15) is 0 Å². The highest BCUT2D eigenvalue weighted by Crippen LogP contribution is 2.21. The molecule has 1 aromatic carbocycles. The van der Waals surface area contributed by atoms with Gasteiger partial charge in [0, 0.05) is 8.47 Å². The lowest BCUT2D eigenvalue weighted by molar-refractivity contribution is 0.912. The first kappa shape index (κ1) is 10.4. The second-order valence-corrected chi connectivity index (χ2v) is 4.75. The molecule has 0 unspecified atom stereocenters. The minimum Gasteiger partial charge on any atom is -0.130 e. The average molecular weight is 292 g/mol. The number of thioether (sulfide) groups is 1. The van der Waals surface area contributed by atoms with Gasteiger partial charge in [0.25, 0.3) is 0 Å². The van der Waals surface area contributed by atoms with Gasteiger partial charge in [-0.1, -0.05) is 13.3 Å². The molecule has 0 nitrogen and oxygen atoms in total. The summed E-state index contributed by atoms with van der Waals surface area (Å²) in [6, 6.07) is 6.69. The van der Waals surface area contributed by atoms with Crippen LogP contribution in [-0.4, -0.2) is 6.26 Å². The number of aryl methyl sites for hydroxylation is 1. The van der Waals surface area contributed by atoms with Gasteiger partial charge in [-0.15, -0.1) is 11.8 Å². The molecular formula is C10H13IS. The van der Waals surface area contributed by atoms with E-state index in [1.807, 2.05) is 11.8 Å². The summed E-state index contributed by atoms with van der Waals surface area (Å²) >= 11 is 4.22. The molecule has 0 aliphatic rings. The number of rotatable bonds is 3. The van der Waals surface area contributed by atoms with Crippen molar-refractivity contribution in [2.75, 3.05) is 6.26 Å². The predicted octanol–water partition coefficient (Wildman–Crippen LogP) is 3.97. The van der Waals surface area contributed by atoms with Crippen LogP contribution in [0.25, 0.3) is 0 Å². The van der Waals surface area contributed by atoms with E-state index in [1.54, 1.807) is 0 Å². The van der Waals surface area contributed by atoms with Gasteiger partial charge < -0.3 is 0 Å². The Bertz CT molecular complexity index is 258. The Kier molecular flexibility index (Phi) is 4.43. The molecule has 0 spiro atoms. The number of halogens is 1. The highest BCUT2D eigenvalue weighted by atomic mass is 127. The Labute approximate surface area is 92.3 Å². The summed E-state index contributed by atoms with van der Waals surface area (Å²) in [7, 11) is 0. The Morgan fingerprint density at radius 1 is 1.42 bits per heavy atom. The van der Waals surface area contributed by atoms with Crippen LogP contribution in [-0.2, 0) is 6.42 Å². The van der Waals surface area contributed by atoms with Crippen molar-refractivity contribution in [1.29, 1.82) is 0 Å². The van der Waals surface area contributed by atoms with Crippen LogP contribution >= 0.6 is 34.4 Å². The molecule has 1 aromatic rings. The zero-order valence-electron chi connectivity index (χ0n) is 7.43. The molecule has 0 aliphatic heterocycles. The van der Waals surface area contributed by atoms with Gasteiger partial charge >= 0.3 is 0 Å². The summed E-state index contributed by atoms with van der Waals surface area (Å²) in [5.74, 6) is 0. The summed E-state index contributed by atoms with van der Waals surface area (Å²) in [6.45, 7) is 2.22. The third-order valence-corrected chi connectivity index (χ3v) is 3.55. The lowest BCUT2D eigenvalue weighted by Crippen LogP contribution is -1.88. The molecule has 12 heavy (non-hydrogen) atoms. The topological polar surface area (TPSA) is 0 Å². The number of benzene rings is 1. The van der Waals surface area contributed by atoms with Crippen LogP contribution in [0.2, 0.25) is 0 Å². The predicted molar refractivity (Wildman–Crippen MR) is 64.9 cm³/mol. The fourth-order valence-electron chi connectivity index (χ4n) is 1.14. The number of hydrogen-bond donors (Lipinski definition) is 0. The quantitative estimate of drug-likeness (QED) is 0.600. The molecule has 0 heterocycles. The van der Waals surface area contributed by atoms with Crippen LogP contribution in [0, 0.1) is 3.57 Å². The third-order valence-electron chi connectivity index (χ3n) is 1.77. The van der Waals surface area contributed by atoms with Gasteiger partial charge in [-0.3, -0.25) is 0 Å². The van der Waals surface area contributed by atoms with Crippen LogP contribution in [0.1, 0.15) is 18.9 Å². The van der Waals surface area contributed by atoms with E-state index >= 15 is 0 Å². The van der Waals surface area contributed by atoms with E-state index in [0.29, 0.717) is 0 Å². The third kappa shape index (κ3) is 2.66. The largest absolute Gasteiger partial charge is 0.130 e. The molecule has 0 radical (unpaired) electrons. The second kappa shape index (κ2) is 5.12.